The largest absolute Gasteiger partial charge is 0.490 e. The molecular formula is C17H16F2O3. The average molecular weight is 306 g/mol. The van der Waals surface area contributed by atoms with Gasteiger partial charge in [-0.1, -0.05) is 6.07 Å². The van der Waals surface area contributed by atoms with E-state index < -0.39 is 17.6 Å². The molecule has 2 aromatic rings. The zero-order valence-electron chi connectivity index (χ0n) is 12.5. The summed E-state index contributed by atoms with van der Waals surface area (Å²) >= 11 is 0. The van der Waals surface area contributed by atoms with Crippen LogP contribution in [-0.4, -0.2) is 17.2 Å². The summed E-state index contributed by atoms with van der Waals surface area (Å²) in [6.07, 6.45) is -0.172. The van der Waals surface area contributed by atoms with Crippen LogP contribution in [0.15, 0.2) is 30.3 Å². The van der Waals surface area contributed by atoms with Crippen molar-refractivity contribution in [2.24, 2.45) is 0 Å². The highest BCUT2D eigenvalue weighted by Gasteiger charge is 2.15. The molecule has 0 saturated heterocycles. The molecule has 0 fully saturated rings. The minimum absolute atomic E-state index is 0.0198. The normalized spacial score (nSPS) is 10.8. The summed E-state index contributed by atoms with van der Waals surface area (Å²) in [6.45, 7) is 5.03. The minimum Gasteiger partial charge on any atom is -0.490 e. The van der Waals surface area contributed by atoms with Crippen LogP contribution < -0.4 is 4.74 Å². The minimum atomic E-state index is -1.14. The van der Waals surface area contributed by atoms with E-state index in [1.807, 2.05) is 0 Å². The van der Waals surface area contributed by atoms with E-state index in [2.05, 4.69) is 0 Å². The van der Waals surface area contributed by atoms with Crippen molar-refractivity contribution in [2.75, 3.05) is 0 Å². The van der Waals surface area contributed by atoms with E-state index in [1.165, 1.54) is 25.1 Å². The van der Waals surface area contributed by atoms with Crippen molar-refractivity contribution in [3.05, 3.63) is 53.1 Å². The predicted molar refractivity (Wildman–Crippen MR) is 79.3 cm³/mol. The molecule has 0 amide bonds. The molecule has 22 heavy (non-hydrogen) atoms. The van der Waals surface area contributed by atoms with Crippen molar-refractivity contribution in [1.29, 1.82) is 0 Å². The molecule has 0 unspecified atom stereocenters. The molecule has 116 valence electrons. The van der Waals surface area contributed by atoms with Crippen LogP contribution in [0.1, 0.15) is 29.8 Å². The lowest BCUT2D eigenvalue weighted by atomic mass is 10.00. The number of benzene rings is 2. The third-order valence-electron chi connectivity index (χ3n) is 3.12. The number of rotatable bonds is 4. The van der Waals surface area contributed by atoms with Gasteiger partial charge in [-0.15, -0.1) is 0 Å². The topological polar surface area (TPSA) is 46.5 Å². The lowest BCUT2D eigenvalue weighted by molar-refractivity contribution is 0.0690. The molecule has 2 rings (SSSR count). The first kappa shape index (κ1) is 15.9. The van der Waals surface area contributed by atoms with Gasteiger partial charge in [0.25, 0.3) is 0 Å². The Kier molecular flexibility index (Phi) is 4.45. The van der Waals surface area contributed by atoms with Crippen molar-refractivity contribution >= 4 is 5.97 Å². The van der Waals surface area contributed by atoms with Crippen LogP contribution in [0.5, 0.6) is 5.75 Å². The summed E-state index contributed by atoms with van der Waals surface area (Å²) in [5.74, 6) is -2.77. The molecule has 0 atom stereocenters. The molecule has 5 heteroatoms. The van der Waals surface area contributed by atoms with E-state index in [0.717, 1.165) is 6.07 Å². The molecule has 0 heterocycles. The van der Waals surface area contributed by atoms with Gasteiger partial charge < -0.3 is 9.84 Å². The summed E-state index contributed by atoms with van der Waals surface area (Å²) in [7, 11) is 0. The van der Waals surface area contributed by atoms with Crippen LogP contribution >= 0.6 is 0 Å². The number of carboxylic acid groups (broad SMARTS) is 1. The zero-order chi connectivity index (χ0) is 16.4. The fourth-order valence-electron chi connectivity index (χ4n) is 2.13. The second-order valence-corrected chi connectivity index (χ2v) is 5.27. The highest BCUT2D eigenvalue weighted by Crippen LogP contribution is 2.29. The van der Waals surface area contributed by atoms with Gasteiger partial charge in [0.15, 0.2) is 11.6 Å². The van der Waals surface area contributed by atoms with Gasteiger partial charge in [-0.05, 0) is 61.7 Å². The Balaban J connectivity index is 2.53. The quantitative estimate of drug-likeness (QED) is 0.909. The van der Waals surface area contributed by atoms with Crippen LogP contribution in [0.25, 0.3) is 11.1 Å². The lowest BCUT2D eigenvalue weighted by Crippen LogP contribution is -2.10. The fraction of sp³-hybridized carbons (Fsp3) is 0.235. The zero-order valence-corrected chi connectivity index (χ0v) is 12.5. The van der Waals surface area contributed by atoms with Crippen molar-refractivity contribution in [2.45, 2.75) is 26.9 Å². The van der Waals surface area contributed by atoms with E-state index in [9.17, 15) is 18.7 Å². The Morgan fingerprint density at radius 2 is 1.82 bits per heavy atom. The summed E-state index contributed by atoms with van der Waals surface area (Å²) in [4.78, 5) is 11.4. The Morgan fingerprint density at radius 1 is 1.14 bits per heavy atom. The second kappa shape index (κ2) is 6.13. The Labute approximate surface area is 127 Å². The number of hydrogen-bond acceptors (Lipinski definition) is 2. The lowest BCUT2D eigenvalue weighted by Gasteiger charge is -2.14. The Hall–Kier alpha value is -2.43. The number of carboxylic acids is 1. The van der Waals surface area contributed by atoms with Crippen molar-refractivity contribution in [1.82, 2.24) is 0 Å². The van der Waals surface area contributed by atoms with Crippen LogP contribution in [0.2, 0.25) is 0 Å². The van der Waals surface area contributed by atoms with Gasteiger partial charge in [-0.25, -0.2) is 13.6 Å². The van der Waals surface area contributed by atoms with E-state index >= 15 is 0 Å². The van der Waals surface area contributed by atoms with Crippen LogP contribution in [0.3, 0.4) is 0 Å². The van der Waals surface area contributed by atoms with Gasteiger partial charge in [0.2, 0.25) is 0 Å². The molecular weight excluding hydrogens is 290 g/mol. The van der Waals surface area contributed by atoms with E-state index in [4.69, 9.17) is 4.74 Å². The third kappa shape index (κ3) is 3.24. The highest BCUT2D eigenvalue weighted by molar-refractivity contribution is 5.92. The first-order valence-electron chi connectivity index (χ1n) is 6.79. The molecule has 0 aliphatic heterocycles. The Bertz CT molecular complexity index is 701. The van der Waals surface area contributed by atoms with Gasteiger partial charge in [-0.3, -0.25) is 0 Å². The molecule has 0 saturated carbocycles. The number of halogens is 2. The number of carbonyl (C=O) groups is 1. The molecule has 2 aromatic carbocycles. The smallest absolute Gasteiger partial charge is 0.339 e. The number of ether oxygens (including phenoxy) is 1. The molecule has 1 N–H and O–H groups in total. The van der Waals surface area contributed by atoms with Crippen LogP contribution in [0.4, 0.5) is 8.78 Å². The molecule has 0 bridgehead atoms. The maximum atomic E-state index is 13.5. The molecule has 0 aliphatic rings. The molecule has 0 aromatic heterocycles. The fourth-order valence-corrected chi connectivity index (χ4v) is 2.13. The summed E-state index contributed by atoms with van der Waals surface area (Å²) in [5.41, 5.74) is 1.04. The van der Waals surface area contributed by atoms with Crippen molar-refractivity contribution in [3.8, 4) is 16.9 Å². The number of aryl methyl sites for hydroxylation is 1. The van der Waals surface area contributed by atoms with Gasteiger partial charge in [0.05, 0.1) is 6.10 Å². The summed E-state index contributed by atoms with van der Waals surface area (Å²) in [5, 5.41) is 9.29. The summed E-state index contributed by atoms with van der Waals surface area (Å²) in [6, 6.07) is 7.06. The van der Waals surface area contributed by atoms with Gasteiger partial charge in [0.1, 0.15) is 11.3 Å². The second-order valence-electron chi connectivity index (χ2n) is 5.27. The number of aromatic carboxylic acids is 1. The van der Waals surface area contributed by atoms with E-state index in [-0.39, 0.29) is 23.0 Å². The van der Waals surface area contributed by atoms with E-state index in [0.29, 0.717) is 11.1 Å². The Morgan fingerprint density at radius 3 is 2.36 bits per heavy atom. The SMILES string of the molecule is Cc1cc(-c2ccc(OC(C)C)c(C(=O)O)c2)cc(F)c1F. The van der Waals surface area contributed by atoms with E-state index in [1.54, 1.807) is 19.9 Å². The summed E-state index contributed by atoms with van der Waals surface area (Å²) < 4.78 is 32.3. The first-order valence-corrected chi connectivity index (χ1v) is 6.79. The molecule has 0 radical (unpaired) electrons. The van der Waals surface area contributed by atoms with Crippen molar-refractivity contribution in [3.63, 3.8) is 0 Å². The maximum Gasteiger partial charge on any atom is 0.339 e. The standard InChI is InChI=1S/C17H16F2O3/c1-9(2)22-15-5-4-11(7-13(15)17(20)21)12-6-10(3)16(19)14(18)8-12/h4-9H,1-3H3,(H,20,21). The van der Waals surface area contributed by atoms with Gasteiger partial charge in [0, 0.05) is 0 Å². The van der Waals surface area contributed by atoms with Gasteiger partial charge in [-0.2, -0.15) is 0 Å². The first-order chi connectivity index (χ1) is 10.3. The maximum absolute atomic E-state index is 13.5. The predicted octanol–water partition coefficient (Wildman–Crippen LogP) is 4.43. The monoisotopic (exact) mass is 306 g/mol. The van der Waals surface area contributed by atoms with Gasteiger partial charge >= 0.3 is 5.97 Å². The molecule has 3 nitrogen and oxygen atoms in total. The van der Waals surface area contributed by atoms with Crippen molar-refractivity contribution < 1.29 is 23.4 Å². The van der Waals surface area contributed by atoms with Crippen LogP contribution in [-0.2, 0) is 0 Å². The van der Waals surface area contributed by atoms with Crippen LogP contribution in [0, 0.1) is 18.6 Å². The third-order valence-corrected chi connectivity index (χ3v) is 3.12. The number of hydrogen-bond donors (Lipinski definition) is 1. The average Bonchev–Trinajstić information content (AvgIpc) is 2.43. The highest BCUT2D eigenvalue weighted by atomic mass is 19.2. The molecule has 0 spiro atoms. The molecule has 0 aliphatic carbocycles.